The molecule has 0 aromatic heterocycles. The highest BCUT2D eigenvalue weighted by Crippen LogP contribution is 2.39. The minimum Gasteiger partial charge on any atom is -0.497 e. The van der Waals surface area contributed by atoms with Gasteiger partial charge in [-0.05, 0) is 77.2 Å². The Balaban J connectivity index is 1.60. The van der Waals surface area contributed by atoms with Crippen molar-refractivity contribution in [2.75, 3.05) is 35.5 Å². The first-order valence-electron chi connectivity index (χ1n) is 15.3. The van der Waals surface area contributed by atoms with Gasteiger partial charge < -0.3 is 44.2 Å². The summed E-state index contributed by atoms with van der Waals surface area (Å²) in [5.74, 6) is 0.474. The van der Waals surface area contributed by atoms with Gasteiger partial charge in [0.1, 0.15) is 29.9 Å². The summed E-state index contributed by atoms with van der Waals surface area (Å²) in [6.45, 7) is 0.151. The lowest BCUT2D eigenvalue weighted by Crippen LogP contribution is -2.45. The van der Waals surface area contributed by atoms with Gasteiger partial charge in [-0.2, -0.15) is 0 Å². The van der Waals surface area contributed by atoms with Crippen molar-refractivity contribution >= 4 is 17.8 Å². The largest absolute Gasteiger partial charge is 0.497 e. The number of amides is 2. The highest BCUT2D eigenvalue weighted by atomic mass is 16.5. The Morgan fingerprint density at radius 1 is 0.714 bits per heavy atom. The number of benzene rings is 4. The number of nitrogens with two attached hydrogens (primary N) is 1. The molecule has 4 aromatic carbocycles. The van der Waals surface area contributed by atoms with Crippen LogP contribution in [0, 0.1) is 0 Å². The van der Waals surface area contributed by atoms with Crippen molar-refractivity contribution in [1.82, 2.24) is 4.90 Å². The second-order valence-electron chi connectivity index (χ2n) is 10.9. The Morgan fingerprint density at radius 3 is 1.88 bits per heavy atom. The number of hydrogen-bond donors (Lipinski definition) is 2. The molecule has 0 heterocycles. The Labute approximate surface area is 284 Å². The predicted octanol–water partition coefficient (Wildman–Crippen LogP) is 5.34. The number of hydrogen-bond acceptors (Lipinski definition) is 9. The third-order valence-electron chi connectivity index (χ3n) is 7.78. The summed E-state index contributed by atoms with van der Waals surface area (Å²) in [5.41, 5.74) is 8.64. The van der Waals surface area contributed by atoms with E-state index in [4.69, 9.17) is 34.2 Å². The summed E-state index contributed by atoms with van der Waals surface area (Å²) in [6.07, 6.45) is -0.396. The number of primary amides is 1. The molecule has 1 atom stereocenters. The van der Waals surface area contributed by atoms with Crippen LogP contribution in [0.3, 0.4) is 0 Å². The number of aliphatic carboxylic acids is 1. The molecule has 0 aliphatic carbocycles. The standard InChI is InChI=1S/C37H40N2O10/c1-44-29-15-24(16-30(20-29)45-2)22-49-28-8-6-7-27(19-28)25-9-11-26(12-10-25)36(41)39(31(37(42)43)13-14-34(38)40)21-23-17-32(46-3)35(48-5)33(18-23)47-4/h6-12,15-20,31H,13-14,21-22H2,1-5H3,(H2,38,40)(H,42,43)/t31-/m0/s1. The normalized spacial score (nSPS) is 11.2. The molecular formula is C37H40N2O10. The van der Waals surface area contributed by atoms with Crippen molar-refractivity contribution in [3.8, 4) is 45.6 Å². The van der Waals surface area contributed by atoms with Crippen molar-refractivity contribution in [3.05, 3.63) is 95.6 Å². The fraction of sp³-hybridized carbons (Fsp3) is 0.270. The summed E-state index contributed by atoms with van der Waals surface area (Å²) < 4.78 is 33.0. The summed E-state index contributed by atoms with van der Waals surface area (Å²) >= 11 is 0. The van der Waals surface area contributed by atoms with Crippen LogP contribution in [-0.4, -0.2) is 69.4 Å². The molecule has 4 aromatic rings. The van der Waals surface area contributed by atoms with Crippen LogP contribution in [0.15, 0.2) is 78.9 Å². The van der Waals surface area contributed by atoms with E-state index in [0.717, 1.165) is 16.7 Å². The molecule has 0 unspecified atom stereocenters. The van der Waals surface area contributed by atoms with Gasteiger partial charge >= 0.3 is 5.97 Å². The van der Waals surface area contributed by atoms with Crippen molar-refractivity contribution in [3.63, 3.8) is 0 Å². The van der Waals surface area contributed by atoms with E-state index in [0.29, 0.717) is 40.1 Å². The predicted molar refractivity (Wildman–Crippen MR) is 182 cm³/mol. The van der Waals surface area contributed by atoms with Gasteiger partial charge in [0.15, 0.2) is 11.5 Å². The Morgan fingerprint density at radius 2 is 1.35 bits per heavy atom. The van der Waals surface area contributed by atoms with Gasteiger partial charge in [0, 0.05) is 24.6 Å². The minimum absolute atomic E-state index is 0.133. The van der Waals surface area contributed by atoms with Crippen LogP contribution in [0.4, 0.5) is 0 Å². The van der Waals surface area contributed by atoms with Crippen LogP contribution in [0.5, 0.6) is 34.5 Å². The molecule has 0 fully saturated rings. The molecule has 258 valence electrons. The summed E-state index contributed by atoms with van der Waals surface area (Å²) in [4.78, 5) is 39.3. The van der Waals surface area contributed by atoms with Gasteiger partial charge in [0.25, 0.3) is 5.91 Å². The van der Waals surface area contributed by atoms with Crippen molar-refractivity contribution in [1.29, 1.82) is 0 Å². The molecule has 0 bridgehead atoms. The Hall–Kier alpha value is -5.91. The second kappa shape index (κ2) is 16.8. The molecule has 4 rings (SSSR count). The van der Waals surface area contributed by atoms with Crippen molar-refractivity contribution in [2.24, 2.45) is 5.73 Å². The molecule has 0 radical (unpaired) electrons. The number of carbonyl (C=O) groups is 3. The van der Waals surface area contributed by atoms with Crippen LogP contribution in [0.2, 0.25) is 0 Å². The van der Waals surface area contributed by atoms with Gasteiger partial charge in [0.05, 0.1) is 35.5 Å². The highest BCUT2D eigenvalue weighted by Gasteiger charge is 2.31. The lowest BCUT2D eigenvalue weighted by Gasteiger charge is -2.29. The molecule has 12 nitrogen and oxygen atoms in total. The fourth-order valence-electron chi connectivity index (χ4n) is 5.29. The van der Waals surface area contributed by atoms with E-state index < -0.39 is 23.8 Å². The molecule has 12 heteroatoms. The molecule has 3 N–H and O–H groups in total. The topological polar surface area (TPSA) is 156 Å². The van der Waals surface area contributed by atoms with Crippen LogP contribution in [0.1, 0.15) is 34.3 Å². The van der Waals surface area contributed by atoms with Crippen LogP contribution in [-0.2, 0) is 22.7 Å². The first-order valence-corrected chi connectivity index (χ1v) is 15.3. The molecule has 49 heavy (non-hydrogen) atoms. The van der Waals surface area contributed by atoms with Crippen LogP contribution in [0.25, 0.3) is 11.1 Å². The zero-order chi connectivity index (χ0) is 35.5. The van der Waals surface area contributed by atoms with E-state index in [1.807, 2.05) is 36.4 Å². The summed E-state index contributed by atoms with van der Waals surface area (Å²) in [7, 11) is 7.55. The number of carboxylic acid groups (broad SMARTS) is 1. The lowest BCUT2D eigenvalue weighted by atomic mass is 10.0. The van der Waals surface area contributed by atoms with E-state index in [9.17, 15) is 19.5 Å². The maximum Gasteiger partial charge on any atom is 0.326 e. The lowest BCUT2D eigenvalue weighted by molar-refractivity contribution is -0.143. The van der Waals surface area contributed by atoms with Gasteiger partial charge in [0.2, 0.25) is 11.7 Å². The second-order valence-corrected chi connectivity index (χ2v) is 10.9. The van der Waals surface area contributed by atoms with Crippen LogP contribution >= 0.6 is 0 Å². The van der Waals surface area contributed by atoms with E-state index in [-0.39, 0.29) is 31.6 Å². The number of rotatable bonds is 17. The number of nitrogens with zero attached hydrogens (tertiary/aromatic N) is 1. The summed E-state index contributed by atoms with van der Waals surface area (Å²) in [5, 5.41) is 10.2. The molecule has 0 spiro atoms. The van der Waals surface area contributed by atoms with Gasteiger partial charge in [-0.3, -0.25) is 9.59 Å². The van der Waals surface area contributed by atoms with Gasteiger partial charge in [-0.15, -0.1) is 0 Å². The minimum atomic E-state index is -1.35. The molecule has 0 saturated heterocycles. The monoisotopic (exact) mass is 672 g/mol. The molecule has 0 aliphatic heterocycles. The third-order valence-corrected chi connectivity index (χ3v) is 7.78. The van der Waals surface area contributed by atoms with E-state index in [2.05, 4.69) is 0 Å². The SMILES string of the molecule is COc1cc(COc2cccc(-c3ccc(C(=O)N(Cc4cc(OC)c(OC)c(OC)c4)[C@@H](CCC(N)=O)C(=O)O)cc3)c2)cc(OC)c1. The van der Waals surface area contributed by atoms with Crippen molar-refractivity contribution in [2.45, 2.75) is 32.0 Å². The van der Waals surface area contributed by atoms with E-state index >= 15 is 0 Å². The highest BCUT2D eigenvalue weighted by molar-refractivity contribution is 5.97. The van der Waals surface area contributed by atoms with E-state index in [1.165, 1.54) is 26.2 Å². The molecule has 0 aliphatic rings. The quantitative estimate of drug-likeness (QED) is 0.150. The Kier molecular flexibility index (Phi) is 12.3. The number of carboxylic acids is 1. The number of methoxy groups -OCH3 is 5. The number of ether oxygens (including phenoxy) is 6. The fourth-order valence-corrected chi connectivity index (χ4v) is 5.29. The summed E-state index contributed by atoms with van der Waals surface area (Å²) in [6, 6.07) is 21.8. The maximum absolute atomic E-state index is 14.0. The first kappa shape index (κ1) is 35.9. The van der Waals surface area contributed by atoms with Gasteiger partial charge in [-0.1, -0.05) is 24.3 Å². The average molecular weight is 673 g/mol. The zero-order valence-corrected chi connectivity index (χ0v) is 28.1. The average Bonchev–Trinajstić information content (AvgIpc) is 3.12. The van der Waals surface area contributed by atoms with Gasteiger partial charge in [-0.25, -0.2) is 4.79 Å². The molecular weight excluding hydrogens is 632 g/mol. The third kappa shape index (κ3) is 9.13. The van der Waals surface area contributed by atoms with Crippen LogP contribution < -0.4 is 34.2 Å². The maximum atomic E-state index is 14.0. The first-order chi connectivity index (χ1) is 23.6. The zero-order valence-electron chi connectivity index (χ0n) is 28.1. The molecule has 0 saturated carbocycles. The van der Waals surface area contributed by atoms with Crippen molar-refractivity contribution < 1.29 is 47.9 Å². The molecule has 2 amide bonds. The van der Waals surface area contributed by atoms with E-state index in [1.54, 1.807) is 56.7 Å². The Bertz CT molecular complexity index is 1730. The number of carbonyl (C=O) groups excluding carboxylic acids is 2. The smallest absolute Gasteiger partial charge is 0.326 e.